The molecule has 28 heavy (non-hydrogen) atoms. The number of hydrogen-bond acceptors (Lipinski definition) is 6. The Balaban J connectivity index is 2.05. The Morgan fingerprint density at radius 1 is 1.32 bits per heavy atom. The van der Waals surface area contributed by atoms with Gasteiger partial charge in [0.1, 0.15) is 22.5 Å². The maximum Gasteiger partial charge on any atom is 0.266 e. The van der Waals surface area contributed by atoms with Gasteiger partial charge < -0.3 is 5.11 Å². The minimum Gasteiger partial charge on any atom is -0.507 e. The number of aryl methyl sites for hydroxylation is 2. The highest BCUT2D eigenvalue weighted by molar-refractivity contribution is 7.18. The molecule has 0 saturated heterocycles. The lowest BCUT2D eigenvalue weighted by Crippen LogP contribution is -2.18. The number of fused-ring (bicyclic) bond motifs is 2. The van der Waals surface area contributed by atoms with Gasteiger partial charge in [0.2, 0.25) is 0 Å². The van der Waals surface area contributed by atoms with Crippen LogP contribution in [0, 0.1) is 31.0 Å². The van der Waals surface area contributed by atoms with Gasteiger partial charge in [0.15, 0.2) is 11.4 Å². The van der Waals surface area contributed by atoms with Crippen molar-refractivity contribution in [2.75, 3.05) is 0 Å². The Labute approximate surface area is 161 Å². The standard InChI is InChI=1S/C20H12FN3O3S/c1-9-10(2)28-19-16(9)20(27)24-8-12(5-11(7-22)18(24)23-19)17(26)14-6-13(21)3-4-15(14)25/h3-6,8,25H,1-2H3. The van der Waals surface area contributed by atoms with E-state index in [1.165, 1.54) is 23.6 Å². The molecule has 0 fully saturated rings. The predicted octanol–water partition coefficient (Wildman–Crippen LogP) is 3.47. The monoisotopic (exact) mass is 393 g/mol. The summed E-state index contributed by atoms with van der Waals surface area (Å²) in [6.45, 7) is 3.69. The van der Waals surface area contributed by atoms with Crippen LogP contribution < -0.4 is 5.56 Å². The van der Waals surface area contributed by atoms with Crippen LogP contribution in [0.5, 0.6) is 5.75 Å². The molecule has 0 spiro atoms. The van der Waals surface area contributed by atoms with E-state index < -0.39 is 22.9 Å². The normalized spacial score (nSPS) is 11.1. The van der Waals surface area contributed by atoms with Crippen LogP contribution in [0.25, 0.3) is 15.9 Å². The Morgan fingerprint density at radius 3 is 2.79 bits per heavy atom. The van der Waals surface area contributed by atoms with Crippen LogP contribution in [0.4, 0.5) is 4.39 Å². The number of phenolic OH excluding ortho intramolecular Hbond substituents is 1. The first kappa shape index (κ1) is 17.8. The fourth-order valence-corrected chi connectivity index (χ4v) is 4.08. The van der Waals surface area contributed by atoms with Crippen LogP contribution >= 0.6 is 11.3 Å². The van der Waals surface area contributed by atoms with E-state index in [2.05, 4.69) is 4.98 Å². The summed E-state index contributed by atoms with van der Waals surface area (Å²) in [6, 6.07) is 6.24. The molecule has 0 bridgehead atoms. The third-order valence-electron chi connectivity index (χ3n) is 4.63. The Kier molecular flexibility index (Phi) is 3.98. The van der Waals surface area contributed by atoms with Crippen LogP contribution in [-0.2, 0) is 0 Å². The van der Waals surface area contributed by atoms with Gasteiger partial charge in [-0.3, -0.25) is 14.0 Å². The maximum atomic E-state index is 13.5. The number of aromatic nitrogens is 2. The topological polar surface area (TPSA) is 95.5 Å². The van der Waals surface area contributed by atoms with E-state index in [0.717, 1.165) is 33.0 Å². The maximum absolute atomic E-state index is 13.5. The molecule has 6 nitrogen and oxygen atoms in total. The van der Waals surface area contributed by atoms with Crippen molar-refractivity contribution in [3.8, 4) is 11.8 Å². The van der Waals surface area contributed by atoms with Gasteiger partial charge in [0.05, 0.1) is 16.5 Å². The van der Waals surface area contributed by atoms with E-state index in [-0.39, 0.29) is 22.3 Å². The van der Waals surface area contributed by atoms with Crippen LogP contribution in [0.3, 0.4) is 0 Å². The number of pyridine rings is 1. The van der Waals surface area contributed by atoms with E-state index in [9.17, 15) is 24.3 Å². The third-order valence-corrected chi connectivity index (χ3v) is 5.73. The highest BCUT2D eigenvalue weighted by atomic mass is 32.1. The van der Waals surface area contributed by atoms with Gasteiger partial charge >= 0.3 is 0 Å². The average molecular weight is 393 g/mol. The van der Waals surface area contributed by atoms with Gasteiger partial charge in [0.25, 0.3) is 5.56 Å². The molecule has 0 aliphatic heterocycles. The highest BCUT2D eigenvalue weighted by Gasteiger charge is 2.20. The number of carbonyl (C=O) groups is 1. The van der Waals surface area contributed by atoms with Crippen molar-refractivity contribution in [1.82, 2.24) is 9.38 Å². The molecule has 1 aromatic carbocycles. The van der Waals surface area contributed by atoms with Crippen molar-refractivity contribution >= 4 is 33.0 Å². The summed E-state index contributed by atoms with van der Waals surface area (Å²) in [5, 5.41) is 19.9. The Morgan fingerprint density at radius 2 is 2.07 bits per heavy atom. The van der Waals surface area contributed by atoms with Crippen LogP contribution in [0.15, 0.2) is 35.3 Å². The number of nitrogens with zero attached hydrogens (tertiary/aromatic N) is 3. The quantitative estimate of drug-likeness (QED) is 0.526. The lowest BCUT2D eigenvalue weighted by Gasteiger charge is -2.08. The van der Waals surface area contributed by atoms with Gasteiger partial charge in [-0.2, -0.15) is 5.26 Å². The number of carbonyl (C=O) groups excluding carboxylic acids is 1. The van der Waals surface area contributed by atoms with E-state index in [1.54, 1.807) is 0 Å². The Bertz CT molecular complexity index is 1410. The molecule has 3 heterocycles. The number of benzene rings is 1. The van der Waals surface area contributed by atoms with Crippen molar-refractivity contribution in [3.63, 3.8) is 0 Å². The van der Waals surface area contributed by atoms with E-state index in [0.29, 0.717) is 10.2 Å². The molecule has 3 aromatic heterocycles. The summed E-state index contributed by atoms with van der Waals surface area (Å²) in [7, 11) is 0. The second-order valence-electron chi connectivity index (χ2n) is 6.32. The summed E-state index contributed by atoms with van der Waals surface area (Å²) in [5.74, 6) is -1.79. The number of aromatic hydroxyl groups is 1. The number of rotatable bonds is 2. The molecule has 0 atom stereocenters. The van der Waals surface area contributed by atoms with Crippen molar-refractivity contribution in [1.29, 1.82) is 5.26 Å². The van der Waals surface area contributed by atoms with Gasteiger partial charge in [0, 0.05) is 16.6 Å². The van der Waals surface area contributed by atoms with Crippen molar-refractivity contribution in [2.45, 2.75) is 13.8 Å². The minimum absolute atomic E-state index is 0.0298. The first-order valence-electron chi connectivity index (χ1n) is 8.21. The fourth-order valence-electron chi connectivity index (χ4n) is 3.06. The summed E-state index contributed by atoms with van der Waals surface area (Å²) in [5.41, 5.74) is 0.290. The molecule has 4 aromatic rings. The molecule has 0 amide bonds. The second-order valence-corrected chi connectivity index (χ2v) is 7.52. The summed E-state index contributed by atoms with van der Waals surface area (Å²) in [4.78, 5) is 31.7. The lowest BCUT2D eigenvalue weighted by molar-refractivity contribution is 0.103. The molecule has 0 aliphatic rings. The summed E-state index contributed by atoms with van der Waals surface area (Å²) in [6.07, 6.45) is 1.27. The van der Waals surface area contributed by atoms with Gasteiger partial charge in [-0.05, 0) is 43.7 Å². The molecule has 8 heteroatoms. The molecule has 4 rings (SSSR count). The lowest BCUT2D eigenvalue weighted by atomic mass is 10.0. The minimum atomic E-state index is -0.708. The van der Waals surface area contributed by atoms with E-state index in [4.69, 9.17) is 0 Å². The Hall–Kier alpha value is -3.57. The number of ketones is 1. The van der Waals surface area contributed by atoms with Gasteiger partial charge in [-0.25, -0.2) is 9.37 Å². The van der Waals surface area contributed by atoms with Crippen molar-refractivity contribution in [3.05, 3.63) is 73.8 Å². The van der Waals surface area contributed by atoms with Gasteiger partial charge in [-0.1, -0.05) is 0 Å². The summed E-state index contributed by atoms with van der Waals surface area (Å²) >= 11 is 1.36. The van der Waals surface area contributed by atoms with E-state index >= 15 is 0 Å². The predicted molar refractivity (Wildman–Crippen MR) is 103 cm³/mol. The highest BCUT2D eigenvalue weighted by Crippen LogP contribution is 2.28. The molecule has 1 N–H and O–H groups in total. The number of thiophene rings is 1. The second kappa shape index (κ2) is 6.25. The molecule has 0 aliphatic carbocycles. The van der Waals surface area contributed by atoms with Crippen molar-refractivity contribution in [2.24, 2.45) is 0 Å². The molecular formula is C20H12FN3O3S. The smallest absolute Gasteiger partial charge is 0.266 e. The molecule has 0 radical (unpaired) electrons. The zero-order valence-corrected chi connectivity index (χ0v) is 15.6. The molecular weight excluding hydrogens is 381 g/mol. The largest absolute Gasteiger partial charge is 0.507 e. The number of hydrogen-bond donors (Lipinski definition) is 1. The zero-order chi connectivity index (χ0) is 20.2. The third kappa shape index (κ3) is 2.56. The number of halogens is 1. The van der Waals surface area contributed by atoms with Crippen molar-refractivity contribution < 1.29 is 14.3 Å². The first-order valence-corrected chi connectivity index (χ1v) is 9.03. The molecule has 0 saturated carbocycles. The van der Waals surface area contributed by atoms with E-state index in [1.807, 2.05) is 19.9 Å². The zero-order valence-electron chi connectivity index (χ0n) is 14.8. The van der Waals surface area contributed by atoms with Crippen LogP contribution in [-0.4, -0.2) is 20.3 Å². The summed E-state index contributed by atoms with van der Waals surface area (Å²) < 4.78 is 14.7. The first-order chi connectivity index (χ1) is 13.3. The fraction of sp³-hybridized carbons (Fsp3) is 0.100. The van der Waals surface area contributed by atoms with Gasteiger partial charge in [-0.15, -0.1) is 11.3 Å². The molecule has 138 valence electrons. The average Bonchev–Trinajstić information content (AvgIpc) is 2.96. The number of phenols is 1. The van der Waals surface area contributed by atoms with Crippen LogP contribution in [0.1, 0.15) is 31.9 Å². The SMILES string of the molecule is Cc1sc2nc3c(C#N)cc(C(=O)c4cc(F)ccc4O)cn3c(=O)c2c1C. The molecule has 0 unspecified atom stereocenters. The number of nitriles is 1. The van der Waals surface area contributed by atoms with Crippen LogP contribution in [0.2, 0.25) is 0 Å².